The van der Waals surface area contributed by atoms with Gasteiger partial charge in [0.15, 0.2) is 0 Å². The molecule has 1 amide bonds. The maximum Gasteiger partial charge on any atom is 0.463 e. The van der Waals surface area contributed by atoms with Crippen LogP contribution in [0.4, 0.5) is 22.0 Å². The lowest BCUT2D eigenvalue weighted by molar-refractivity contribution is -0.275. The quantitative estimate of drug-likeness (QED) is 0.698. The number of likely N-dealkylation sites (tertiary alicyclic amines) is 1. The molecular formula is C10H14F5NO. The van der Waals surface area contributed by atoms with E-state index in [9.17, 15) is 26.7 Å². The first-order valence-electron chi connectivity index (χ1n) is 5.44. The Kier molecular flexibility index (Phi) is 3.99. The van der Waals surface area contributed by atoms with Crippen LogP contribution in [0.1, 0.15) is 26.2 Å². The second-order valence-corrected chi connectivity index (χ2v) is 4.24. The number of carbonyl (C=O) groups excluding carboxylic acids is 1. The number of carbonyl (C=O) groups is 1. The van der Waals surface area contributed by atoms with E-state index in [1.807, 2.05) is 6.92 Å². The zero-order valence-electron chi connectivity index (χ0n) is 9.36. The van der Waals surface area contributed by atoms with Crippen molar-refractivity contribution in [1.29, 1.82) is 0 Å². The smallest absolute Gasteiger partial charge is 0.337 e. The van der Waals surface area contributed by atoms with Crippen LogP contribution in [-0.4, -0.2) is 36.0 Å². The van der Waals surface area contributed by atoms with Crippen LogP contribution in [0.5, 0.6) is 0 Å². The van der Waals surface area contributed by atoms with E-state index in [1.54, 1.807) is 0 Å². The lowest BCUT2D eigenvalue weighted by Gasteiger charge is -2.34. The molecule has 0 aromatic rings. The van der Waals surface area contributed by atoms with Crippen molar-refractivity contribution in [2.75, 3.05) is 13.1 Å². The third-order valence-corrected chi connectivity index (χ3v) is 3.01. The van der Waals surface area contributed by atoms with Crippen molar-refractivity contribution < 1.29 is 26.7 Å². The Morgan fingerprint density at radius 2 is 1.88 bits per heavy atom. The predicted octanol–water partition coefficient (Wildman–Crippen LogP) is 2.83. The molecule has 1 unspecified atom stereocenters. The molecular weight excluding hydrogens is 245 g/mol. The summed E-state index contributed by atoms with van der Waals surface area (Å²) in [4.78, 5) is 11.8. The first kappa shape index (κ1) is 14.2. The highest BCUT2D eigenvalue weighted by molar-refractivity contribution is 5.84. The van der Waals surface area contributed by atoms with E-state index in [2.05, 4.69) is 0 Å². The van der Waals surface area contributed by atoms with Crippen LogP contribution in [0.2, 0.25) is 0 Å². The van der Waals surface area contributed by atoms with Gasteiger partial charge in [-0.1, -0.05) is 13.3 Å². The molecule has 17 heavy (non-hydrogen) atoms. The van der Waals surface area contributed by atoms with Crippen LogP contribution in [0, 0.1) is 5.92 Å². The van der Waals surface area contributed by atoms with E-state index >= 15 is 0 Å². The maximum atomic E-state index is 12.8. The fourth-order valence-corrected chi connectivity index (χ4v) is 1.90. The molecule has 1 atom stereocenters. The number of nitrogens with zero attached hydrogens (tertiary/aromatic N) is 1. The van der Waals surface area contributed by atoms with Crippen molar-refractivity contribution in [2.45, 2.75) is 38.3 Å². The highest BCUT2D eigenvalue weighted by atomic mass is 19.4. The molecule has 2 nitrogen and oxygen atoms in total. The van der Waals surface area contributed by atoms with Gasteiger partial charge in [0.1, 0.15) is 0 Å². The third-order valence-electron chi connectivity index (χ3n) is 3.01. The SMILES string of the molecule is CCC1CCCN(C(=O)C(F)(F)C(F)(F)F)C1. The minimum atomic E-state index is -5.82. The van der Waals surface area contributed by atoms with Crippen LogP contribution in [-0.2, 0) is 4.79 Å². The number of rotatable bonds is 2. The standard InChI is InChI=1S/C10H14F5NO/c1-2-7-4-3-5-16(6-7)8(17)9(11,12)10(13,14)15/h7H,2-6H2,1H3. The van der Waals surface area contributed by atoms with Crippen molar-refractivity contribution in [3.8, 4) is 0 Å². The van der Waals surface area contributed by atoms with Gasteiger partial charge in [-0.15, -0.1) is 0 Å². The van der Waals surface area contributed by atoms with Crippen molar-refractivity contribution in [2.24, 2.45) is 5.92 Å². The first-order chi connectivity index (χ1) is 7.70. The first-order valence-corrected chi connectivity index (χ1v) is 5.44. The van der Waals surface area contributed by atoms with E-state index in [4.69, 9.17) is 0 Å². The Morgan fingerprint density at radius 1 is 1.29 bits per heavy atom. The molecule has 1 fully saturated rings. The fourth-order valence-electron chi connectivity index (χ4n) is 1.90. The van der Waals surface area contributed by atoms with E-state index < -0.39 is 18.0 Å². The third kappa shape index (κ3) is 2.87. The molecule has 1 aliphatic rings. The van der Waals surface area contributed by atoms with Crippen molar-refractivity contribution in [1.82, 2.24) is 4.90 Å². The second kappa shape index (κ2) is 4.78. The van der Waals surface area contributed by atoms with Crippen LogP contribution in [0.15, 0.2) is 0 Å². The van der Waals surface area contributed by atoms with Gasteiger partial charge in [0, 0.05) is 13.1 Å². The van der Waals surface area contributed by atoms with Crippen LogP contribution in [0.25, 0.3) is 0 Å². The molecule has 0 radical (unpaired) electrons. The molecule has 0 saturated carbocycles. The minimum absolute atomic E-state index is 0.0109. The molecule has 0 bridgehead atoms. The van der Waals surface area contributed by atoms with Gasteiger partial charge in [0.2, 0.25) is 0 Å². The highest BCUT2D eigenvalue weighted by Gasteiger charge is 2.64. The summed E-state index contributed by atoms with van der Waals surface area (Å²) in [6, 6.07) is 0. The molecule has 0 spiro atoms. The second-order valence-electron chi connectivity index (χ2n) is 4.24. The summed E-state index contributed by atoms with van der Waals surface area (Å²) in [6.07, 6.45) is -3.92. The molecule has 7 heteroatoms. The summed E-state index contributed by atoms with van der Waals surface area (Å²) < 4.78 is 61.7. The fraction of sp³-hybridized carbons (Fsp3) is 0.900. The number of hydrogen-bond acceptors (Lipinski definition) is 1. The van der Waals surface area contributed by atoms with E-state index in [-0.39, 0.29) is 19.0 Å². The topological polar surface area (TPSA) is 20.3 Å². The Bertz CT molecular complexity index is 289. The van der Waals surface area contributed by atoms with E-state index in [0.717, 1.165) is 6.42 Å². The largest absolute Gasteiger partial charge is 0.463 e. The lowest BCUT2D eigenvalue weighted by atomic mass is 9.95. The van der Waals surface area contributed by atoms with E-state index in [1.165, 1.54) is 0 Å². The van der Waals surface area contributed by atoms with Crippen LogP contribution in [0.3, 0.4) is 0 Å². The van der Waals surface area contributed by atoms with Gasteiger partial charge in [0.05, 0.1) is 0 Å². The molecule has 1 heterocycles. The van der Waals surface area contributed by atoms with Gasteiger partial charge in [-0.05, 0) is 18.8 Å². The van der Waals surface area contributed by atoms with Gasteiger partial charge in [-0.25, -0.2) is 0 Å². The van der Waals surface area contributed by atoms with Gasteiger partial charge >= 0.3 is 18.0 Å². The van der Waals surface area contributed by atoms with E-state index in [0.29, 0.717) is 17.7 Å². The Morgan fingerprint density at radius 3 is 2.35 bits per heavy atom. The maximum absolute atomic E-state index is 12.8. The highest BCUT2D eigenvalue weighted by Crippen LogP contribution is 2.37. The molecule has 100 valence electrons. The van der Waals surface area contributed by atoms with Gasteiger partial charge in [-0.3, -0.25) is 4.79 Å². The molecule has 0 N–H and O–H groups in total. The molecule has 0 aliphatic carbocycles. The Labute approximate surface area is 95.8 Å². The predicted molar refractivity (Wildman–Crippen MR) is 50.6 cm³/mol. The zero-order valence-corrected chi connectivity index (χ0v) is 9.36. The Hall–Kier alpha value is -0.880. The minimum Gasteiger partial charge on any atom is -0.337 e. The summed E-state index contributed by atoms with van der Waals surface area (Å²) in [5.41, 5.74) is 0. The number of hydrogen-bond donors (Lipinski definition) is 0. The van der Waals surface area contributed by atoms with Crippen molar-refractivity contribution in [3.05, 3.63) is 0 Å². The number of piperidine rings is 1. The van der Waals surface area contributed by atoms with Gasteiger partial charge < -0.3 is 4.90 Å². The summed E-state index contributed by atoms with van der Waals surface area (Å²) in [5, 5.41) is 0. The van der Waals surface area contributed by atoms with Crippen LogP contribution >= 0.6 is 0 Å². The Balaban J connectivity index is 2.76. The normalized spacial score (nSPS) is 22.7. The van der Waals surface area contributed by atoms with Crippen molar-refractivity contribution in [3.63, 3.8) is 0 Å². The molecule has 1 saturated heterocycles. The number of alkyl halides is 5. The molecule has 0 aromatic heterocycles. The summed E-state index contributed by atoms with van der Waals surface area (Å²) in [6.45, 7) is 1.78. The zero-order chi connectivity index (χ0) is 13.3. The average Bonchev–Trinajstić information content (AvgIpc) is 2.26. The van der Waals surface area contributed by atoms with Crippen LogP contribution < -0.4 is 0 Å². The van der Waals surface area contributed by atoms with Crippen molar-refractivity contribution >= 4 is 5.91 Å². The molecule has 1 rings (SSSR count). The molecule has 0 aromatic carbocycles. The van der Waals surface area contributed by atoms with Gasteiger partial charge in [-0.2, -0.15) is 22.0 Å². The average molecular weight is 259 g/mol. The number of halogens is 5. The van der Waals surface area contributed by atoms with Gasteiger partial charge in [0.25, 0.3) is 0 Å². The lowest BCUT2D eigenvalue weighted by Crippen LogP contribution is -2.54. The summed E-state index contributed by atoms with van der Waals surface area (Å²) >= 11 is 0. The number of amides is 1. The summed E-state index contributed by atoms with van der Waals surface area (Å²) in [7, 11) is 0. The summed E-state index contributed by atoms with van der Waals surface area (Å²) in [5.74, 6) is -7.39. The molecule has 1 aliphatic heterocycles. The monoisotopic (exact) mass is 259 g/mol.